The van der Waals surface area contributed by atoms with Crippen molar-refractivity contribution in [3.05, 3.63) is 160 Å². The van der Waals surface area contributed by atoms with Crippen LogP contribution >= 0.6 is 11.8 Å². The van der Waals surface area contributed by atoms with E-state index in [2.05, 4.69) is 5.32 Å². The number of ether oxygens (including phenoxy) is 4. The second-order valence-corrected chi connectivity index (χ2v) is 15.2. The van der Waals surface area contributed by atoms with Gasteiger partial charge in [0.25, 0.3) is 5.91 Å². The van der Waals surface area contributed by atoms with E-state index in [0.717, 1.165) is 44.5 Å². The molecule has 0 radical (unpaired) electrons. The standard InChI is InChI=1S/C47H40N2O9S/c1-28-22-34(55-3)16-19-36(28)42-37-18-13-32(50)24-39(37)58-40-25-35(17-20-38(40)42)56-21-7-10-31-27-59-46-43(48-41(51)23-29-8-5-4-6-9-29)45(52)49(46)44(31)47(53)57-26-30-11-14-33(54-2)15-12-30/h4-20,22,24-25,43,46H,21,23,26-27H2,1-3H3,(H,48,51)/b10-7-. The van der Waals surface area contributed by atoms with Gasteiger partial charge in [-0.25, -0.2) is 4.79 Å². The molecule has 1 aliphatic carbocycles. The van der Waals surface area contributed by atoms with Crippen molar-refractivity contribution in [3.8, 4) is 39.7 Å². The number of carbonyl (C=O) groups excluding carboxylic acids is 3. The number of methoxy groups -OCH3 is 2. The molecule has 298 valence electrons. The maximum atomic E-state index is 13.8. The monoisotopic (exact) mass is 808 g/mol. The van der Waals surface area contributed by atoms with Crippen LogP contribution in [-0.4, -0.2) is 60.7 Å². The Kier molecular flexibility index (Phi) is 11.2. The zero-order valence-electron chi connectivity index (χ0n) is 32.6. The first-order valence-corrected chi connectivity index (χ1v) is 20.0. The van der Waals surface area contributed by atoms with Crippen molar-refractivity contribution in [1.29, 1.82) is 0 Å². The fraction of sp³-hybridized carbons (Fsp3) is 0.191. The lowest BCUT2D eigenvalue weighted by molar-refractivity contribution is -0.153. The summed E-state index contributed by atoms with van der Waals surface area (Å²) in [7, 11) is 3.20. The minimum absolute atomic E-state index is 0.0122. The molecule has 3 heterocycles. The van der Waals surface area contributed by atoms with Gasteiger partial charge < -0.3 is 28.7 Å². The number of allylic oxidation sites excluding steroid dienone is 1. The summed E-state index contributed by atoms with van der Waals surface area (Å²) in [4.78, 5) is 54.1. The van der Waals surface area contributed by atoms with Crippen LogP contribution in [0.3, 0.4) is 0 Å². The summed E-state index contributed by atoms with van der Waals surface area (Å²) >= 11 is 1.46. The lowest BCUT2D eigenvalue weighted by atomic mass is 9.91. The van der Waals surface area contributed by atoms with E-state index in [1.807, 2.05) is 67.6 Å². The van der Waals surface area contributed by atoms with Gasteiger partial charge in [-0.3, -0.25) is 19.3 Å². The predicted octanol–water partition coefficient (Wildman–Crippen LogP) is 7.47. The average Bonchev–Trinajstić information content (AvgIpc) is 3.25. The molecule has 1 saturated heterocycles. The van der Waals surface area contributed by atoms with E-state index >= 15 is 0 Å². The van der Waals surface area contributed by atoms with Crippen LogP contribution in [0.2, 0.25) is 0 Å². The van der Waals surface area contributed by atoms with Crippen molar-refractivity contribution in [2.24, 2.45) is 0 Å². The van der Waals surface area contributed by atoms with Gasteiger partial charge in [-0.05, 0) is 89.4 Å². The third kappa shape index (κ3) is 8.17. The molecule has 4 aromatic rings. The highest BCUT2D eigenvalue weighted by atomic mass is 32.2. The minimum Gasteiger partial charge on any atom is -0.497 e. The highest BCUT2D eigenvalue weighted by molar-refractivity contribution is 8.00. The summed E-state index contributed by atoms with van der Waals surface area (Å²) in [5.41, 5.74) is 6.40. The third-order valence-corrected chi connectivity index (χ3v) is 11.6. The van der Waals surface area contributed by atoms with E-state index in [1.165, 1.54) is 28.8 Å². The summed E-state index contributed by atoms with van der Waals surface area (Å²) < 4.78 is 28.8. The molecule has 8 rings (SSSR count). The number of thioether (sulfide) groups is 1. The van der Waals surface area contributed by atoms with Crippen molar-refractivity contribution >= 4 is 40.5 Å². The number of aryl methyl sites for hydroxylation is 1. The Bertz CT molecular complexity index is 2650. The smallest absolute Gasteiger partial charge is 0.355 e. The van der Waals surface area contributed by atoms with Crippen molar-refractivity contribution in [2.75, 3.05) is 26.6 Å². The quantitative estimate of drug-likeness (QED) is 0.0712. The molecule has 4 aliphatic rings. The molecule has 0 bridgehead atoms. The molecule has 4 aromatic carbocycles. The van der Waals surface area contributed by atoms with E-state index in [1.54, 1.807) is 62.8 Å². The topological polar surface area (TPSA) is 134 Å². The first-order chi connectivity index (χ1) is 28.7. The maximum Gasteiger partial charge on any atom is 0.355 e. The molecule has 1 N–H and O–H groups in total. The van der Waals surface area contributed by atoms with Gasteiger partial charge in [0.2, 0.25) is 5.91 Å². The number of esters is 1. The van der Waals surface area contributed by atoms with Crippen LogP contribution in [-0.2, 0) is 32.1 Å². The summed E-state index contributed by atoms with van der Waals surface area (Å²) in [5.74, 6) is 1.48. The normalized spacial score (nSPS) is 16.2. The van der Waals surface area contributed by atoms with Gasteiger partial charge in [-0.2, -0.15) is 0 Å². The summed E-state index contributed by atoms with van der Waals surface area (Å²) in [5, 5.41) is 3.24. The van der Waals surface area contributed by atoms with Crippen LogP contribution in [0.1, 0.15) is 16.7 Å². The van der Waals surface area contributed by atoms with Gasteiger partial charge >= 0.3 is 5.97 Å². The number of fused-ring (bicyclic) bond motifs is 3. The Labute approximate surface area is 344 Å². The highest BCUT2D eigenvalue weighted by Crippen LogP contribution is 2.43. The zero-order valence-corrected chi connectivity index (χ0v) is 33.4. The Balaban J connectivity index is 1.03. The molecule has 12 heteroatoms. The SMILES string of the molecule is COc1ccc(COC(=O)C2=C(/C=C\COc3ccc4c(-c5ccc(OC)cc5C)c5ccc(=O)cc-5oc4c3)CSC3C(NC(=O)Cc4ccccc4)C(=O)N23)cc1. The second kappa shape index (κ2) is 17.0. The molecular formula is C47H40N2O9S. The van der Waals surface area contributed by atoms with Crippen molar-refractivity contribution in [3.63, 3.8) is 0 Å². The molecule has 11 nitrogen and oxygen atoms in total. The van der Waals surface area contributed by atoms with Crippen LogP contribution in [0.15, 0.2) is 142 Å². The molecule has 3 aliphatic heterocycles. The van der Waals surface area contributed by atoms with E-state index in [9.17, 15) is 19.2 Å². The van der Waals surface area contributed by atoms with Crippen LogP contribution in [0.5, 0.6) is 17.2 Å². The molecular weight excluding hydrogens is 769 g/mol. The van der Waals surface area contributed by atoms with Gasteiger partial charge in [0.15, 0.2) is 5.43 Å². The zero-order chi connectivity index (χ0) is 41.0. The number of rotatable bonds is 13. The number of β-lactam (4-membered cyclic amide) rings is 1. The van der Waals surface area contributed by atoms with E-state index in [0.29, 0.717) is 34.2 Å². The number of hydrogen-bond acceptors (Lipinski definition) is 10. The van der Waals surface area contributed by atoms with E-state index < -0.39 is 17.4 Å². The van der Waals surface area contributed by atoms with Crippen LogP contribution in [0, 0.1) is 6.92 Å². The molecule has 1 fully saturated rings. The number of hydrogen-bond donors (Lipinski definition) is 1. The van der Waals surface area contributed by atoms with Crippen molar-refractivity contribution in [1.82, 2.24) is 10.2 Å². The summed E-state index contributed by atoms with van der Waals surface area (Å²) in [6.07, 6.45) is 3.67. The Morgan fingerprint density at radius 1 is 0.847 bits per heavy atom. The van der Waals surface area contributed by atoms with E-state index in [4.69, 9.17) is 23.4 Å². The van der Waals surface area contributed by atoms with Gasteiger partial charge in [0, 0.05) is 34.4 Å². The summed E-state index contributed by atoms with van der Waals surface area (Å²) in [6, 6.07) is 31.9. The second-order valence-electron chi connectivity index (χ2n) is 14.1. The number of nitrogens with zero attached hydrogens (tertiary/aromatic N) is 1. The number of nitrogens with one attached hydrogen (secondary N) is 1. The van der Waals surface area contributed by atoms with Crippen LogP contribution in [0.25, 0.3) is 33.4 Å². The lowest BCUT2D eigenvalue weighted by Crippen LogP contribution is -2.70. The minimum atomic E-state index is -0.778. The Hall–Kier alpha value is -6.79. The highest BCUT2D eigenvalue weighted by Gasteiger charge is 2.54. The summed E-state index contributed by atoms with van der Waals surface area (Å²) in [6.45, 7) is 2.13. The average molecular weight is 809 g/mol. The largest absolute Gasteiger partial charge is 0.497 e. The van der Waals surface area contributed by atoms with Crippen LogP contribution in [0.4, 0.5) is 0 Å². The molecule has 59 heavy (non-hydrogen) atoms. The van der Waals surface area contributed by atoms with Gasteiger partial charge in [0.1, 0.15) is 58.9 Å². The van der Waals surface area contributed by atoms with Gasteiger partial charge in [-0.1, -0.05) is 54.6 Å². The Morgan fingerprint density at radius 3 is 2.36 bits per heavy atom. The number of carbonyl (C=O) groups is 3. The van der Waals surface area contributed by atoms with Crippen LogP contribution < -0.4 is 25.0 Å². The number of amides is 2. The maximum absolute atomic E-state index is 13.8. The fourth-order valence-electron chi connectivity index (χ4n) is 7.31. The fourth-order valence-corrected chi connectivity index (χ4v) is 8.63. The first kappa shape index (κ1) is 39.1. The molecule has 2 amide bonds. The molecule has 0 saturated carbocycles. The Morgan fingerprint density at radius 2 is 1.59 bits per heavy atom. The predicted molar refractivity (Wildman–Crippen MR) is 225 cm³/mol. The number of benzene rings is 5. The first-order valence-electron chi connectivity index (χ1n) is 19.0. The van der Waals surface area contributed by atoms with Crippen molar-refractivity contribution < 1.29 is 37.7 Å². The van der Waals surface area contributed by atoms with Gasteiger partial charge in [0.05, 0.1) is 20.6 Å². The third-order valence-electron chi connectivity index (χ3n) is 10.3. The molecule has 2 atom stereocenters. The molecule has 2 unspecified atom stereocenters. The molecule has 0 aromatic heterocycles. The lowest BCUT2D eigenvalue weighted by Gasteiger charge is -2.49. The van der Waals surface area contributed by atoms with Gasteiger partial charge in [-0.15, -0.1) is 11.8 Å². The molecule has 0 spiro atoms. The van der Waals surface area contributed by atoms with Crippen molar-refractivity contribution in [2.45, 2.75) is 31.4 Å². The van der Waals surface area contributed by atoms with E-state index in [-0.39, 0.29) is 42.6 Å².